The smallest absolute Gasteiger partial charge is 0.0584 e. The molecule has 118 valence electrons. The second-order valence-corrected chi connectivity index (χ2v) is 11.3. The summed E-state index contributed by atoms with van der Waals surface area (Å²) in [5.41, 5.74) is 3.42. The van der Waals surface area contributed by atoms with Crippen molar-refractivity contribution in [3.05, 3.63) is 24.6 Å². The molecule has 2 heteroatoms. The molecule has 0 atom stereocenters. The third-order valence-corrected chi connectivity index (χ3v) is 8.75. The van der Waals surface area contributed by atoms with Crippen molar-refractivity contribution in [3.8, 4) is 0 Å². The van der Waals surface area contributed by atoms with E-state index in [0.29, 0.717) is 10.8 Å². The van der Waals surface area contributed by atoms with E-state index >= 15 is 0 Å². The van der Waals surface area contributed by atoms with E-state index in [2.05, 4.69) is 43.6 Å². The maximum atomic E-state index is 4.59. The van der Waals surface area contributed by atoms with E-state index in [0.717, 1.165) is 24.6 Å². The Morgan fingerprint density at radius 3 is 2.05 bits per heavy atom. The molecule has 0 spiro atoms. The van der Waals surface area contributed by atoms with Crippen LogP contribution >= 0.6 is 9.21 Å². The average Bonchev–Trinajstić information content (AvgIpc) is 2.90. The van der Waals surface area contributed by atoms with Gasteiger partial charge in [-0.25, -0.2) is 0 Å². The summed E-state index contributed by atoms with van der Waals surface area (Å²) >= 11 is 0. The highest BCUT2D eigenvalue weighted by Gasteiger charge is 2.58. The van der Waals surface area contributed by atoms with Crippen molar-refractivity contribution < 1.29 is 0 Å². The van der Waals surface area contributed by atoms with Crippen LogP contribution in [0.3, 0.4) is 0 Å². The monoisotopic (exact) mass is 305 g/mol. The van der Waals surface area contributed by atoms with E-state index in [1.165, 1.54) is 42.8 Å². The summed E-state index contributed by atoms with van der Waals surface area (Å²) in [6.07, 6.45) is 7.76. The van der Waals surface area contributed by atoms with Crippen LogP contribution < -0.4 is 0 Å². The second kappa shape index (κ2) is 4.68. The van der Waals surface area contributed by atoms with Crippen LogP contribution in [0, 0.1) is 16.7 Å². The minimum Gasteiger partial charge on any atom is -0.341 e. The molecular formula is C19H31NS. The lowest BCUT2D eigenvalue weighted by Gasteiger charge is -2.41. The Kier molecular flexibility index (Phi) is 3.40. The minimum atomic E-state index is -1.12. The fourth-order valence-corrected chi connectivity index (χ4v) is 8.01. The molecule has 1 saturated heterocycles. The van der Waals surface area contributed by atoms with Gasteiger partial charge in [0.25, 0.3) is 0 Å². The molecule has 0 amide bonds. The maximum absolute atomic E-state index is 4.59. The fraction of sp³-hybridized carbons (Fsp3) is 0.684. The van der Waals surface area contributed by atoms with Gasteiger partial charge in [-0.05, 0) is 61.0 Å². The molecule has 0 aromatic rings. The van der Waals surface area contributed by atoms with Crippen molar-refractivity contribution in [1.29, 1.82) is 0 Å². The molecule has 0 aromatic carbocycles. The summed E-state index contributed by atoms with van der Waals surface area (Å²) in [6, 6.07) is 0. The lowest BCUT2D eigenvalue weighted by atomic mass is 9.71. The number of allylic oxidation sites excluding steroid dienone is 2. The van der Waals surface area contributed by atoms with Crippen LogP contribution in [0.5, 0.6) is 0 Å². The van der Waals surface area contributed by atoms with E-state index in [-0.39, 0.29) is 0 Å². The molecule has 2 bridgehead atoms. The Bertz CT molecular complexity index is 555. The highest BCUT2D eigenvalue weighted by Crippen LogP contribution is 2.67. The van der Waals surface area contributed by atoms with Crippen LogP contribution in [0.4, 0.5) is 0 Å². The standard InChI is InChI=1S/C19H31NS/c1-15-7-8-16(2)20(15)14-21(5,6)13-19-11-9-17(10-12-19)18(19,3)4/h17H,1-2,5-14H2,3-4H3. The van der Waals surface area contributed by atoms with Gasteiger partial charge in [0.05, 0.1) is 5.88 Å². The highest BCUT2D eigenvalue weighted by molar-refractivity contribution is 8.27. The van der Waals surface area contributed by atoms with Crippen molar-refractivity contribution in [3.63, 3.8) is 0 Å². The number of rotatable bonds is 4. The normalized spacial score (nSPS) is 35.0. The maximum Gasteiger partial charge on any atom is 0.0584 e. The first-order valence-corrected chi connectivity index (χ1v) is 10.6. The predicted octanol–water partition coefficient (Wildman–Crippen LogP) is 4.95. The van der Waals surface area contributed by atoms with E-state index < -0.39 is 9.21 Å². The van der Waals surface area contributed by atoms with Gasteiger partial charge in [-0.1, -0.05) is 38.7 Å². The molecule has 0 N–H and O–H groups in total. The SMILES string of the molecule is C=C1CCC(=C)N1CS(=C)(=C)CC12CCC(CC1)C2(C)C. The van der Waals surface area contributed by atoms with Crippen molar-refractivity contribution >= 4 is 20.9 Å². The van der Waals surface area contributed by atoms with Crippen LogP contribution in [0.25, 0.3) is 0 Å². The van der Waals surface area contributed by atoms with Gasteiger partial charge in [-0.15, -0.1) is 0 Å². The van der Waals surface area contributed by atoms with Crippen LogP contribution in [0.15, 0.2) is 24.6 Å². The lowest BCUT2D eigenvalue weighted by molar-refractivity contribution is 0.157. The Morgan fingerprint density at radius 2 is 1.62 bits per heavy atom. The molecule has 2 saturated carbocycles. The summed E-state index contributed by atoms with van der Waals surface area (Å²) in [6.45, 7) is 13.4. The van der Waals surface area contributed by atoms with Gasteiger partial charge >= 0.3 is 0 Å². The quantitative estimate of drug-likeness (QED) is 0.664. The number of fused-ring (bicyclic) bond motifs is 2. The van der Waals surface area contributed by atoms with Crippen LogP contribution in [-0.4, -0.2) is 28.3 Å². The summed E-state index contributed by atoms with van der Waals surface area (Å²) in [4.78, 5) is 2.32. The molecule has 1 nitrogen and oxygen atoms in total. The number of nitrogens with zero attached hydrogens (tertiary/aromatic N) is 1. The van der Waals surface area contributed by atoms with Gasteiger partial charge in [0.15, 0.2) is 0 Å². The zero-order valence-electron chi connectivity index (χ0n) is 13.9. The van der Waals surface area contributed by atoms with Crippen LogP contribution in [0.2, 0.25) is 0 Å². The number of hydrogen-bond acceptors (Lipinski definition) is 1. The first-order valence-electron chi connectivity index (χ1n) is 8.25. The van der Waals surface area contributed by atoms with Crippen molar-refractivity contribution in [1.82, 2.24) is 4.90 Å². The molecule has 3 fully saturated rings. The summed E-state index contributed by atoms with van der Waals surface area (Å²) in [5, 5.41) is 0. The molecule has 0 radical (unpaired) electrons. The zero-order chi connectivity index (χ0) is 15.5. The third-order valence-electron chi connectivity index (χ3n) is 6.78. The Labute approximate surface area is 131 Å². The minimum absolute atomic E-state index is 0.486. The number of hydrogen-bond donors (Lipinski definition) is 0. The summed E-state index contributed by atoms with van der Waals surface area (Å²) < 4.78 is 0. The average molecular weight is 306 g/mol. The first kappa shape index (κ1) is 15.3. The summed E-state index contributed by atoms with van der Waals surface area (Å²) in [7, 11) is -1.12. The number of likely N-dealkylation sites (tertiary alicyclic amines) is 1. The molecule has 3 rings (SSSR count). The molecule has 0 aromatic heterocycles. The van der Waals surface area contributed by atoms with Crippen molar-refractivity contribution in [2.45, 2.75) is 52.4 Å². The van der Waals surface area contributed by atoms with Gasteiger partial charge in [-0.2, -0.15) is 9.21 Å². The van der Waals surface area contributed by atoms with Gasteiger partial charge in [0.2, 0.25) is 0 Å². The largest absolute Gasteiger partial charge is 0.341 e. The van der Waals surface area contributed by atoms with E-state index in [9.17, 15) is 0 Å². The first-order chi connectivity index (χ1) is 9.67. The zero-order valence-corrected chi connectivity index (χ0v) is 14.7. The van der Waals surface area contributed by atoms with Crippen molar-refractivity contribution in [2.24, 2.45) is 16.7 Å². The van der Waals surface area contributed by atoms with Gasteiger partial charge < -0.3 is 4.90 Å². The van der Waals surface area contributed by atoms with Crippen LogP contribution in [0.1, 0.15) is 52.4 Å². The van der Waals surface area contributed by atoms with Gasteiger partial charge in [-0.3, -0.25) is 0 Å². The molecule has 21 heavy (non-hydrogen) atoms. The van der Waals surface area contributed by atoms with E-state index in [1.807, 2.05) is 0 Å². The van der Waals surface area contributed by atoms with E-state index in [4.69, 9.17) is 0 Å². The molecule has 0 unspecified atom stereocenters. The third kappa shape index (κ3) is 2.30. The molecule has 1 aliphatic heterocycles. The van der Waals surface area contributed by atoms with Crippen molar-refractivity contribution in [2.75, 3.05) is 11.6 Å². The molecule has 1 heterocycles. The lowest BCUT2D eigenvalue weighted by Crippen LogP contribution is -2.35. The second-order valence-electron chi connectivity index (χ2n) is 8.33. The highest BCUT2D eigenvalue weighted by atomic mass is 32.2. The Morgan fingerprint density at radius 1 is 1.10 bits per heavy atom. The van der Waals surface area contributed by atoms with E-state index in [1.54, 1.807) is 0 Å². The topological polar surface area (TPSA) is 3.24 Å². The molecule has 2 aliphatic carbocycles. The molecule has 3 aliphatic rings. The summed E-state index contributed by atoms with van der Waals surface area (Å²) in [5.74, 6) is 12.3. The Hall–Kier alpha value is -0.630. The predicted molar refractivity (Wildman–Crippen MR) is 99.1 cm³/mol. The fourth-order valence-electron chi connectivity index (χ4n) is 5.17. The Balaban J connectivity index is 1.78. The van der Waals surface area contributed by atoms with Gasteiger partial charge in [0, 0.05) is 11.4 Å². The van der Waals surface area contributed by atoms with Gasteiger partial charge in [0.1, 0.15) is 0 Å². The molecular weight excluding hydrogens is 274 g/mol. The van der Waals surface area contributed by atoms with Crippen LogP contribution in [-0.2, 0) is 0 Å².